The number of rotatable bonds is 7. The molecule has 112 valence electrons. The number of amides is 1. The molecule has 0 saturated heterocycles. The summed E-state index contributed by atoms with van der Waals surface area (Å²) < 4.78 is 5.57. The Hall–Kier alpha value is -1.55. The van der Waals surface area contributed by atoms with Gasteiger partial charge in [0.25, 0.3) is 0 Å². The van der Waals surface area contributed by atoms with Crippen molar-refractivity contribution in [1.82, 2.24) is 0 Å². The summed E-state index contributed by atoms with van der Waals surface area (Å²) in [6, 6.07) is 5.76. The van der Waals surface area contributed by atoms with Crippen LogP contribution in [0.5, 0.6) is 5.75 Å². The summed E-state index contributed by atoms with van der Waals surface area (Å²) in [6.07, 6.45) is 0.790. The molecule has 1 atom stereocenters. The van der Waals surface area contributed by atoms with E-state index in [2.05, 4.69) is 19.2 Å². The second-order valence-corrected chi connectivity index (χ2v) is 5.48. The lowest BCUT2D eigenvalue weighted by molar-refractivity contribution is -0.120. The van der Waals surface area contributed by atoms with Gasteiger partial charge in [-0.25, -0.2) is 0 Å². The largest absolute Gasteiger partial charge is 0.492 e. The lowest BCUT2D eigenvalue weighted by Crippen LogP contribution is -2.30. The molecule has 1 unspecified atom stereocenters. The van der Waals surface area contributed by atoms with Gasteiger partial charge in [-0.15, -0.1) is 0 Å². The normalized spacial score (nSPS) is 12.3. The molecule has 0 heterocycles. The van der Waals surface area contributed by atoms with Crippen LogP contribution in [-0.4, -0.2) is 19.1 Å². The summed E-state index contributed by atoms with van der Waals surface area (Å²) >= 11 is 0. The van der Waals surface area contributed by atoms with Gasteiger partial charge in [-0.2, -0.15) is 0 Å². The molecule has 1 aromatic rings. The number of nitrogens with one attached hydrogen (secondary N) is 1. The first-order valence-corrected chi connectivity index (χ1v) is 7.22. The van der Waals surface area contributed by atoms with Crippen LogP contribution >= 0.6 is 0 Å². The van der Waals surface area contributed by atoms with E-state index in [1.54, 1.807) is 0 Å². The molecular formula is C16H26N2O2. The van der Waals surface area contributed by atoms with Crippen LogP contribution in [0.15, 0.2) is 18.2 Å². The Balaban J connectivity index is 2.83. The second-order valence-electron chi connectivity index (χ2n) is 5.48. The molecule has 20 heavy (non-hydrogen) atoms. The number of anilines is 1. The Labute approximate surface area is 121 Å². The third-order valence-electron chi connectivity index (χ3n) is 3.11. The second kappa shape index (κ2) is 7.90. The summed E-state index contributed by atoms with van der Waals surface area (Å²) in [7, 11) is 0. The lowest BCUT2D eigenvalue weighted by Gasteiger charge is -2.18. The van der Waals surface area contributed by atoms with Gasteiger partial charge in [-0.3, -0.25) is 4.79 Å². The van der Waals surface area contributed by atoms with Crippen LogP contribution in [0.1, 0.15) is 32.8 Å². The SMILES string of the molecule is CCOc1cc(C)ccc1NC(=O)C(CN)CC(C)C. The van der Waals surface area contributed by atoms with E-state index in [9.17, 15) is 4.79 Å². The summed E-state index contributed by atoms with van der Waals surface area (Å²) in [4.78, 5) is 12.3. The van der Waals surface area contributed by atoms with Crippen molar-refractivity contribution < 1.29 is 9.53 Å². The summed E-state index contributed by atoms with van der Waals surface area (Å²) in [5.74, 6) is 0.955. The molecule has 1 amide bonds. The Kier molecular flexibility index (Phi) is 6.52. The van der Waals surface area contributed by atoms with E-state index in [4.69, 9.17) is 10.5 Å². The molecule has 0 bridgehead atoms. The number of ether oxygens (including phenoxy) is 1. The maximum atomic E-state index is 12.3. The van der Waals surface area contributed by atoms with Crippen molar-refractivity contribution in [2.24, 2.45) is 17.6 Å². The maximum absolute atomic E-state index is 12.3. The van der Waals surface area contributed by atoms with Gasteiger partial charge in [0.15, 0.2) is 0 Å². The molecular weight excluding hydrogens is 252 g/mol. The highest BCUT2D eigenvalue weighted by molar-refractivity contribution is 5.94. The van der Waals surface area contributed by atoms with E-state index in [1.807, 2.05) is 32.0 Å². The van der Waals surface area contributed by atoms with Crippen LogP contribution in [0.25, 0.3) is 0 Å². The molecule has 0 aliphatic heterocycles. The van der Waals surface area contributed by atoms with Gasteiger partial charge >= 0.3 is 0 Å². The van der Waals surface area contributed by atoms with Crippen LogP contribution in [0.2, 0.25) is 0 Å². The first kappa shape index (κ1) is 16.5. The van der Waals surface area contributed by atoms with Crippen LogP contribution < -0.4 is 15.8 Å². The number of nitrogens with two attached hydrogens (primary N) is 1. The predicted molar refractivity (Wildman–Crippen MR) is 83.0 cm³/mol. The van der Waals surface area contributed by atoms with E-state index >= 15 is 0 Å². The molecule has 4 heteroatoms. The van der Waals surface area contributed by atoms with Gasteiger partial charge < -0.3 is 15.8 Å². The Morgan fingerprint density at radius 1 is 1.40 bits per heavy atom. The van der Waals surface area contributed by atoms with Crippen LogP contribution in [0.3, 0.4) is 0 Å². The highest BCUT2D eigenvalue weighted by atomic mass is 16.5. The number of benzene rings is 1. The highest BCUT2D eigenvalue weighted by Gasteiger charge is 2.19. The van der Waals surface area contributed by atoms with Gasteiger partial charge in [0.2, 0.25) is 5.91 Å². The average Bonchev–Trinajstić information content (AvgIpc) is 2.39. The van der Waals surface area contributed by atoms with Crippen LogP contribution in [0, 0.1) is 18.8 Å². The molecule has 0 fully saturated rings. The van der Waals surface area contributed by atoms with Gasteiger partial charge in [0, 0.05) is 6.54 Å². The molecule has 3 N–H and O–H groups in total. The zero-order chi connectivity index (χ0) is 15.1. The van der Waals surface area contributed by atoms with E-state index in [0.29, 0.717) is 30.5 Å². The zero-order valence-corrected chi connectivity index (χ0v) is 12.9. The van der Waals surface area contributed by atoms with Crippen molar-refractivity contribution in [2.75, 3.05) is 18.5 Å². The summed E-state index contributed by atoms with van der Waals surface area (Å²) in [6.45, 7) is 9.03. The molecule has 0 aliphatic rings. The van der Waals surface area contributed by atoms with E-state index in [1.165, 1.54) is 0 Å². The van der Waals surface area contributed by atoms with E-state index < -0.39 is 0 Å². The quantitative estimate of drug-likeness (QED) is 0.806. The standard InChI is InChI=1S/C16H26N2O2/c1-5-20-15-9-12(4)6-7-14(15)18-16(19)13(10-17)8-11(2)3/h6-7,9,11,13H,5,8,10,17H2,1-4H3,(H,18,19). The molecule has 0 aromatic heterocycles. The van der Waals surface area contributed by atoms with Crippen LogP contribution in [-0.2, 0) is 4.79 Å². The fraction of sp³-hybridized carbons (Fsp3) is 0.562. The van der Waals surface area contributed by atoms with Crippen LogP contribution in [0.4, 0.5) is 5.69 Å². The zero-order valence-electron chi connectivity index (χ0n) is 12.9. The minimum Gasteiger partial charge on any atom is -0.492 e. The number of hydrogen-bond acceptors (Lipinski definition) is 3. The fourth-order valence-electron chi connectivity index (χ4n) is 2.12. The molecule has 0 aliphatic carbocycles. The maximum Gasteiger partial charge on any atom is 0.228 e. The minimum absolute atomic E-state index is 0.0361. The van der Waals surface area contributed by atoms with Crippen molar-refractivity contribution in [3.63, 3.8) is 0 Å². The number of aryl methyl sites for hydroxylation is 1. The number of hydrogen-bond donors (Lipinski definition) is 2. The smallest absolute Gasteiger partial charge is 0.228 e. The van der Waals surface area contributed by atoms with Gasteiger partial charge in [-0.1, -0.05) is 19.9 Å². The molecule has 0 spiro atoms. The Morgan fingerprint density at radius 2 is 2.10 bits per heavy atom. The third-order valence-corrected chi connectivity index (χ3v) is 3.11. The molecule has 1 aromatic carbocycles. The summed E-state index contributed by atoms with van der Waals surface area (Å²) in [5, 5.41) is 2.94. The molecule has 4 nitrogen and oxygen atoms in total. The average molecular weight is 278 g/mol. The third kappa shape index (κ3) is 4.85. The van der Waals surface area contributed by atoms with Crippen molar-refractivity contribution in [3.05, 3.63) is 23.8 Å². The number of carbonyl (C=O) groups excluding carboxylic acids is 1. The van der Waals surface area contributed by atoms with Gasteiger partial charge in [-0.05, 0) is 43.9 Å². The van der Waals surface area contributed by atoms with Gasteiger partial charge in [0.1, 0.15) is 5.75 Å². The first-order valence-electron chi connectivity index (χ1n) is 7.22. The summed E-state index contributed by atoms with van der Waals surface area (Å²) in [5.41, 5.74) is 7.52. The van der Waals surface area contributed by atoms with E-state index in [0.717, 1.165) is 12.0 Å². The van der Waals surface area contributed by atoms with Crippen molar-refractivity contribution in [2.45, 2.75) is 34.1 Å². The number of carbonyl (C=O) groups is 1. The van der Waals surface area contributed by atoms with Gasteiger partial charge in [0.05, 0.1) is 18.2 Å². The predicted octanol–water partition coefficient (Wildman–Crippen LogP) is 2.95. The first-order chi connectivity index (χ1) is 9.47. The Morgan fingerprint density at radius 3 is 2.65 bits per heavy atom. The Bertz CT molecular complexity index is 444. The van der Waals surface area contributed by atoms with Crippen molar-refractivity contribution in [3.8, 4) is 5.75 Å². The molecule has 0 saturated carbocycles. The molecule has 1 rings (SSSR count). The minimum atomic E-state index is -0.161. The molecule has 0 radical (unpaired) electrons. The monoisotopic (exact) mass is 278 g/mol. The highest BCUT2D eigenvalue weighted by Crippen LogP contribution is 2.26. The fourth-order valence-corrected chi connectivity index (χ4v) is 2.12. The van der Waals surface area contributed by atoms with Crippen molar-refractivity contribution >= 4 is 11.6 Å². The lowest BCUT2D eigenvalue weighted by atomic mass is 9.96. The van der Waals surface area contributed by atoms with Crippen molar-refractivity contribution in [1.29, 1.82) is 0 Å². The van der Waals surface area contributed by atoms with E-state index in [-0.39, 0.29) is 11.8 Å². The topological polar surface area (TPSA) is 64.3 Å².